The first-order valence-electron chi connectivity index (χ1n) is 6.53. The van der Waals surface area contributed by atoms with Gasteiger partial charge in [-0.2, -0.15) is 0 Å². The Morgan fingerprint density at radius 1 is 1.12 bits per heavy atom. The van der Waals surface area contributed by atoms with E-state index < -0.39 is 5.97 Å². The molecule has 0 aromatic carbocycles. The maximum Gasteiger partial charge on any atom is 0.331 e. The molecule has 0 spiro atoms. The second-order valence-electron chi connectivity index (χ2n) is 6.21. The first-order chi connectivity index (χ1) is 7.63. The molecule has 4 bridgehead atoms. The maximum absolute atomic E-state index is 11.4. The van der Waals surface area contributed by atoms with Crippen molar-refractivity contribution in [2.75, 3.05) is 0 Å². The molecule has 1 N–H and O–H groups in total. The van der Waals surface area contributed by atoms with Crippen molar-refractivity contribution in [2.24, 2.45) is 23.2 Å². The molecule has 0 unspecified atom stereocenters. The summed E-state index contributed by atoms with van der Waals surface area (Å²) in [6.07, 6.45) is 9.40. The van der Waals surface area contributed by atoms with E-state index in [1.807, 2.05) is 13.0 Å². The number of aliphatic carboxylic acids is 1. The minimum atomic E-state index is -0.676. The summed E-state index contributed by atoms with van der Waals surface area (Å²) in [5, 5.41) is 9.36. The van der Waals surface area contributed by atoms with Crippen LogP contribution in [-0.2, 0) is 4.79 Å². The van der Waals surface area contributed by atoms with E-state index in [9.17, 15) is 9.90 Å². The van der Waals surface area contributed by atoms with Crippen LogP contribution in [0.15, 0.2) is 11.6 Å². The van der Waals surface area contributed by atoms with Gasteiger partial charge in [0, 0.05) is 11.0 Å². The topological polar surface area (TPSA) is 37.3 Å². The zero-order valence-corrected chi connectivity index (χ0v) is 9.91. The van der Waals surface area contributed by atoms with Crippen LogP contribution >= 0.6 is 0 Å². The fraction of sp³-hybridized carbons (Fsp3) is 0.786. The molecule has 2 heteroatoms. The van der Waals surface area contributed by atoms with Crippen molar-refractivity contribution >= 4 is 5.97 Å². The monoisotopic (exact) mass is 220 g/mol. The van der Waals surface area contributed by atoms with Gasteiger partial charge in [-0.1, -0.05) is 6.08 Å². The first-order valence-corrected chi connectivity index (χ1v) is 6.53. The van der Waals surface area contributed by atoms with Crippen LogP contribution in [0.5, 0.6) is 0 Å². The average molecular weight is 220 g/mol. The summed E-state index contributed by atoms with van der Waals surface area (Å²) in [5.74, 6) is 1.78. The fourth-order valence-electron chi connectivity index (χ4n) is 5.10. The Labute approximate surface area is 96.7 Å². The Bertz CT molecular complexity index is 318. The number of carbonyl (C=O) groups is 1. The molecule has 2 nitrogen and oxygen atoms in total. The fourth-order valence-corrected chi connectivity index (χ4v) is 5.10. The zero-order chi connectivity index (χ0) is 11.3. The molecular weight excluding hydrogens is 200 g/mol. The summed E-state index contributed by atoms with van der Waals surface area (Å²) in [5.41, 5.74) is 0.765. The van der Waals surface area contributed by atoms with Crippen LogP contribution in [-0.4, -0.2) is 11.1 Å². The molecule has 0 aromatic rings. The summed E-state index contributed by atoms with van der Waals surface area (Å²) in [6.45, 7) is 1.89. The van der Waals surface area contributed by atoms with Crippen molar-refractivity contribution in [1.29, 1.82) is 0 Å². The summed E-state index contributed by atoms with van der Waals surface area (Å²) in [7, 11) is 0. The third-order valence-corrected chi connectivity index (χ3v) is 5.13. The van der Waals surface area contributed by atoms with Crippen LogP contribution in [0.4, 0.5) is 0 Å². The van der Waals surface area contributed by atoms with Gasteiger partial charge in [0.25, 0.3) is 0 Å². The molecule has 0 atom stereocenters. The molecule has 4 saturated carbocycles. The molecular formula is C14H20O2. The van der Waals surface area contributed by atoms with Gasteiger partial charge >= 0.3 is 5.97 Å². The summed E-state index contributed by atoms with van der Waals surface area (Å²) >= 11 is 0. The number of allylic oxidation sites excluding steroid dienone is 1. The summed E-state index contributed by atoms with van der Waals surface area (Å²) in [6, 6.07) is 0. The number of carboxylic acids is 1. The smallest absolute Gasteiger partial charge is 0.331 e. The van der Waals surface area contributed by atoms with Crippen molar-refractivity contribution in [3.8, 4) is 0 Å². The van der Waals surface area contributed by atoms with Crippen molar-refractivity contribution in [3.63, 3.8) is 0 Å². The predicted octanol–water partition coefficient (Wildman–Crippen LogP) is 3.23. The molecule has 4 rings (SSSR count). The van der Waals surface area contributed by atoms with Crippen molar-refractivity contribution in [2.45, 2.75) is 45.4 Å². The lowest BCUT2D eigenvalue weighted by Gasteiger charge is -2.57. The van der Waals surface area contributed by atoms with Crippen LogP contribution in [0.2, 0.25) is 0 Å². The van der Waals surface area contributed by atoms with E-state index in [4.69, 9.17) is 0 Å². The Morgan fingerprint density at radius 3 is 1.88 bits per heavy atom. The highest BCUT2D eigenvalue weighted by Gasteiger charge is 2.53. The lowest BCUT2D eigenvalue weighted by atomic mass is 9.48. The molecule has 4 fully saturated rings. The first kappa shape index (κ1) is 10.4. The highest BCUT2D eigenvalue weighted by Crippen LogP contribution is 2.62. The van der Waals surface area contributed by atoms with Gasteiger partial charge in [-0.05, 0) is 63.2 Å². The molecule has 0 amide bonds. The van der Waals surface area contributed by atoms with Crippen LogP contribution in [0.3, 0.4) is 0 Å². The molecule has 0 heterocycles. The van der Waals surface area contributed by atoms with E-state index in [0.29, 0.717) is 5.57 Å². The number of hydrogen-bond donors (Lipinski definition) is 1. The molecule has 0 radical (unpaired) electrons. The van der Waals surface area contributed by atoms with Gasteiger partial charge in [0.1, 0.15) is 0 Å². The lowest BCUT2D eigenvalue weighted by Crippen LogP contribution is -2.48. The lowest BCUT2D eigenvalue weighted by molar-refractivity contribution is -0.136. The van der Waals surface area contributed by atoms with Crippen molar-refractivity contribution in [3.05, 3.63) is 11.6 Å². The Morgan fingerprint density at radius 2 is 1.56 bits per heavy atom. The Hall–Kier alpha value is -0.790. The quantitative estimate of drug-likeness (QED) is 0.725. The van der Waals surface area contributed by atoms with Crippen LogP contribution in [0.1, 0.15) is 45.4 Å². The number of hydrogen-bond acceptors (Lipinski definition) is 1. The van der Waals surface area contributed by atoms with E-state index in [1.54, 1.807) is 0 Å². The van der Waals surface area contributed by atoms with Crippen molar-refractivity contribution in [1.82, 2.24) is 0 Å². The Kier molecular flexibility index (Phi) is 2.17. The van der Waals surface area contributed by atoms with Gasteiger partial charge < -0.3 is 5.11 Å². The SMILES string of the molecule is CC=C(C(=O)O)C12CC3CC(CC(C3)C1)C2. The summed E-state index contributed by atoms with van der Waals surface area (Å²) in [4.78, 5) is 11.4. The summed E-state index contributed by atoms with van der Waals surface area (Å²) < 4.78 is 0. The largest absolute Gasteiger partial charge is 0.478 e. The normalized spacial score (nSPS) is 46.1. The van der Waals surface area contributed by atoms with Gasteiger partial charge in [0.2, 0.25) is 0 Å². The van der Waals surface area contributed by atoms with Crippen LogP contribution < -0.4 is 0 Å². The van der Waals surface area contributed by atoms with E-state index in [-0.39, 0.29) is 5.41 Å². The standard InChI is InChI=1S/C14H20O2/c1-2-12(13(15)16)14-6-9-3-10(7-14)5-11(4-9)8-14/h2,9-11H,3-8H2,1H3,(H,15,16). The Balaban J connectivity index is 1.96. The number of rotatable bonds is 2. The minimum Gasteiger partial charge on any atom is -0.478 e. The highest BCUT2D eigenvalue weighted by atomic mass is 16.4. The van der Waals surface area contributed by atoms with Crippen LogP contribution in [0, 0.1) is 23.2 Å². The van der Waals surface area contributed by atoms with Gasteiger partial charge in [-0.15, -0.1) is 0 Å². The van der Waals surface area contributed by atoms with E-state index in [1.165, 1.54) is 19.3 Å². The number of carboxylic acid groups (broad SMARTS) is 1. The second-order valence-corrected chi connectivity index (χ2v) is 6.21. The molecule has 0 saturated heterocycles. The maximum atomic E-state index is 11.4. The molecule has 4 aliphatic carbocycles. The predicted molar refractivity (Wildman–Crippen MR) is 62.0 cm³/mol. The van der Waals surface area contributed by atoms with Crippen LogP contribution in [0.25, 0.3) is 0 Å². The average Bonchev–Trinajstić information content (AvgIpc) is 2.14. The molecule has 16 heavy (non-hydrogen) atoms. The molecule has 88 valence electrons. The van der Waals surface area contributed by atoms with Gasteiger partial charge in [0.15, 0.2) is 0 Å². The second kappa shape index (κ2) is 3.35. The van der Waals surface area contributed by atoms with E-state index >= 15 is 0 Å². The third-order valence-electron chi connectivity index (χ3n) is 5.13. The molecule has 4 aliphatic rings. The highest BCUT2D eigenvalue weighted by molar-refractivity contribution is 5.88. The third kappa shape index (κ3) is 1.35. The molecule has 0 aliphatic heterocycles. The van der Waals surface area contributed by atoms with Gasteiger partial charge in [-0.25, -0.2) is 4.79 Å². The zero-order valence-electron chi connectivity index (χ0n) is 9.91. The van der Waals surface area contributed by atoms with E-state index in [0.717, 1.165) is 37.0 Å². The van der Waals surface area contributed by atoms with E-state index in [2.05, 4.69) is 0 Å². The van der Waals surface area contributed by atoms with Gasteiger partial charge in [-0.3, -0.25) is 0 Å². The van der Waals surface area contributed by atoms with Crippen molar-refractivity contribution < 1.29 is 9.90 Å². The minimum absolute atomic E-state index is 0.0509. The molecule has 0 aromatic heterocycles. The van der Waals surface area contributed by atoms with Gasteiger partial charge in [0.05, 0.1) is 0 Å².